The Morgan fingerprint density at radius 2 is 1.65 bits per heavy atom. The molecule has 0 amide bonds. The Balaban J connectivity index is 0.000000302. The first kappa shape index (κ1) is 17.0. The topological polar surface area (TPSA) is 20.2 Å². The van der Waals surface area contributed by atoms with E-state index >= 15 is 0 Å². The summed E-state index contributed by atoms with van der Waals surface area (Å²) in [6.07, 6.45) is 10.7. The van der Waals surface area contributed by atoms with Crippen LogP contribution in [0.15, 0.2) is 0 Å². The van der Waals surface area contributed by atoms with Crippen LogP contribution in [0.3, 0.4) is 0 Å². The zero-order valence-electron chi connectivity index (χ0n) is 12.8. The smallest absolute Gasteiger partial charge is 0.0484 e. The Morgan fingerprint density at radius 3 is 1.82 bits per heavy atom. The molecule has 0 aliphatic heterocycles. The molecule has 0 aromatic rings. The van der Waals surface area contributed by atoms with Crippen LogP contribution in [0.5, 0.6) is 0 Å². The van der Waals surface area contributed by atoms with Gasteiger partial charge < -0.3 is 5.11 Å². The van der Waals surface area contributed by atoms with Crippen LogP contribution in [-0.4, -0.2) is 11.7 Å². The minimum atomic E-state index is 0.189. The molecule has 1 rings (SSSR count). The third-order valence-corrected chi connectivity index (χ3v) is 4.75. The molecule has 0 bridgehead atoms. The van der Waals surface area contributed by atoms with E-state index in [2.05, 4.69) is 34.6 Å². The van der Waals surface area contributed by atoms with Crippen molar-refractivity contribution in [3.63, 3.8) is 0 Å². The van der Waals surface area contributed by atoms with Crippen molar-refractivity contribution < 1.29 is 5.11 Å². The molecule has 1 fully saturated rings. The first-order valence-electron chi connectivity index (χ1n) is 7.56. The molecular formula is C16H34O. The fourth-order valence-corrected chi connectivity index (χ4v) is 2.55. The lowest BCUT2D eigenvalue weighted by atomic mass is 9.84. The number of rotatable bonds is 5. The van der Waals surface area contributed by atoms with Crippen LogP contribution in [0.2, 0.25) is 0 Å². The second kappa shape index (κ2) is 8.13. The van der Waals surface area contributed by atoms with Crippen LogP contribution < -0.4 is 0 Å². The van der Waals surface area contributed by atoms with Gasteiger partial charge in [-0.3, -0.25) is 0 Å². The zero-order valence-corrected chi connectivity index (χ0v) is 12.8. The Kier molecular flexibility index (Phi) is 8.11. The fraction of sp³-hybridized carbons (Fsp3) is 1.00. The summed E-state index contributed by atoms with van der Waals surface area (Å²) < 4.78 is 0. The average molecular weight is 242 g/mol. The Bertz CT molecular complexity index is 176. The van der Waals surface area contributed by atoms with Crippen molar-refractivity contribution in [1.29, 1.82) is 0 Å². The van der Waals surface area contributed by atoms with Crippen molar-refractivity contribution in [2.45, 2.75) is 86.0 Å². The van der Waals surface area contributed by atoms with Crippen LogP contribution in [0.4, 0.5) is 0 Å². The normalized spacial score (nSPS) is 21.5. The third-order valence-electron chi connectivity index (χ3n) is 4.75. The number of aliphatic hydroxyl groups is 1. The van der Waals surface area contributed by atoms with E-state index < -0.39 is 0 Å². The number of aliphatic hydroxyl groups excluding tert-OH is 1. The standard InChI is InChI=1S/C8H18O.C8H16/c1-4-6-8(3,5-2)7-9;1-3-8(2)6-4-5-7-8/h9H,4-7H2,1-3H3;3-7H2,1-2H3. The molecule has 1 saturated carbocycles. The van der Waals surface area contributed by atoms with Gasteiger partial charge in [-0.1, -0.05) is 60.3 Å². The molecule has 17 heavy (non-hydrogen) atoms. The van der Waals surface area contributed by atoms with Crippen molar-refractivity contribution in [3.05, 3.63) is 0 Å². The highest BCUT2D eigenvalue weighted by molar-refractivity contribution is 4.78. The van der Waals surface area contributed by atoms with Gasteiger partial charge in [0.15, 0.2) is 0 Å². The predicted molar refractivity (Wildman–Crippen MR) is 77.3 cm³/mol. The third kappa shape index (κ3) is 6.45. The second-order valence-corrected chi connectivity index (χ2v) is 6.44. The van der Waals surface area contributed by atoms with E-state index in [-0.39, 0.29) is 5.41 Å². The number of hydrogen-bond donors (Lipinski definition) is 1. The SMILES string of the molecule is CCC1(C)CCCC1.CCCC(C)(CC)CO. The van der Waals surface area contributed by atoms with E-state index in [0.717, 1.165) is 18.3 Å². The lowest BCUT2D eigenvalue weighted by Gasteiger charge is -2.24. The molecular weight excluding hydrogens is 208 g/mol. The summed E-state index contributed by atoms with van der Waals surface area (Å²) in [5, 5.41) is 8.92. The monoisotopic (exact) mass is 242 g/mol. The molecule has 1 heteroatoms. The highest BCUT2D eigenvalue weighted by atomic mass is 16.3. The van der Waals surface area contributed by atoms with Gasteiger partial charge in [-0.25, -0.2) is 0 Å². The molecule has 0 aromatic carbocycles. The van der Waals surface area contributed by atoms with Crippen molar-refractivity contribution in [2.75, 3.05) is 6.61 Å². The van der Waals surface area contributed by atoms with Crippen molar-refractivity contribution >= 4 is 0 Å². The van der Waals surface area contributed by atoms with Crippen LogP contribution in [0, 0.1) is 10.8 Å². The van der Waals surface area contributed by atoms with Crippen molar-refractivity contribution in [2.24, 2.45) is 10.8 Å². The zero-order chi connectivity index (χ0) is 13.4. The van der Waals surface area contributed by atoms with Crippen LogP contribution in [-0.2, 0) is 0 Å². The second-order valence-electron chi connectivity index (χ2n) is 6.44. The van der Waals surface area contributed by atoms with Gasteiger partial charge in [-0.15, -0.1) is 0 Å². The largest absolute Gasteiger partial charge is 0.396 e. The van der Waals surface area contributed by atoms with Gasteiger partial charge in [0, 0.05) is 6.61 Å². The molecule has 1 unspecified atom stereocenters. The summed E-state index contributed by atoms with van der Waals surface area (Å²) >= 11 is 0. The van der Waals surface area contributed by atoms with Gasteiger partial charge in [0.2, 0.25) is 0 Å². The number of hydrogen-bond acceptors (Lipinski definition) is 1. The van der Waals surface area contributed by atoms with Gasteiger partial charge in [0.05, 0.1) is 0 Å². The molecule has 1 atom stereocenters. The van der Waals surface area contributed by atoms with Crippen molar-refractivity contribution in [3.8, 4) is 0 Å². The molecule has 1 nitrogen and oxygen atoms in total. The fourth-order valence-electron chi connectivity index (χ4n) is 2.55. The maximum absolute atomic E-state index is 8.92. The summed E-state index contributed by atoms with van der Waals surface area (Å²) in [6, 6.07) is 0. The highest BCUT2D eigenvalue weighted by Gasteiger charge is 2.25. The van der Waals surface area contributed by atoms with Crippen LogP contribution >= 0.6 is 0 Å². The minimum Gasteiger partial charge on any atom is -0.396 e. The molecule has 0 heterocycles. The lowest BCUT2D eigenvalue weighted by molar-refractivity contribution is 0.127. The first-order chi connectivity index (χ1) is 7.95. The summed E-state index contributed by atoms with van der Waals surface area (Å²) in [5.41, 5.74) is 0.925. The Hall–Kier alpha value is -0.0400. The summed E-state index contributed by atoms with van der Waals surface area (Å²) in [5.74, 6) is 0. The Labute approximate surface area is 109 Å². The van der Waals surface area contributed by atoms with E-state index in [0.29, 0.717) is 6.61 Å². The molecule has 1 aliphatic rings. The molecule has 1 aliphatic carbocycles. The summed E-state index contributed by atoms with van der Waals surface area (Å²) in [6.45, 7) is 11.5. The van der Waals surface area contributed by atoms with E-state index in [1.165, 1.54) is 38.5 Å². The molecule has 1 N–H and O–H groups in total. The van der Waals surface area contributed by atoms with E-state index in [1.807, 2.05) is 0 Å². The van der Waals surface area contributed by atoms with Gasteiger partial charge in [-0.05, 0) is 36.5 Å². The van der Waals surface area contributed by atoms with Crippen molar-refractivity contribution in [1.82, 2.24) is 0 Å². The predicted octanol–water partition coefficient (Wildman–Crippen LogP) is 5.17. The van der Waals surface area contributed by atoms with Gasteiger partial charge in [0.1, 0.15) is 0 Å². The van der Waals surface area contributed by atoms with Gasteiger partial charge >= 0.3 is 0 Å². The molecule has 0 spiro atoms. The van der Waals surface area contributed by atoms with E-state index in [4.69, 9.17) is 5.11 Å². The average Bonchev–Trinajstić information content (AvgIpc) is 2.78. The Morgan fingerprint density at radius 1 is 1.12 bits per heavy atom. The highest BCUT2D eigenvalue weighted by Crippen LogP contribution is 2.39. The molecule has 0 saturated heterocycles. The quantitative estimate of drug-likeness (QED) is 0.705. The molecule has 0 radical (unpaired) electrons. The van der Waals surface area contributed by atoms with Gasteiger partial charge in [0.25, 0.3) is 0 Å². The van der Waals surface area contributed by atoms with Gasteiger partial charge in [-0.2, -0.15) is 0 Å². The van der Waals surface area contributed by atoms with Crippen LogP contribution in [0.1, 0.15) is 86.0 Å². The summed E-state index contributed by atoms with van der Waals surface area (Å²) in [4.78, 5) is 0. The maximum Gasteiger partial charge on any atom is 0.0484 e. The minimum absolute atomic E-state index is 0.189. The maximum atomic E-state index is 8.92. The van der Waals surface area contributed by atoms with E-state index in [1.54, 1.807) is 0 Å². The lowest BCUT2D eigenvalue weighted by Crippen LogP contribution is -2.19. The molecule has 104 valence electrons. The first-order valence-corrected chi connectivity index (χ1v) is 7.56. The van der Waals surface area contributed by atoms with Crippen LogP contribution in [0.25, 0.3) is 0 Å². The summed E-state index contributed by atoms with van der Waals surface area (Å²) in [7, 11) is 0. The molecule has 0 aromatic heterocycles. The van der Waals surface area contributed by atoms with E-state index in [9.17, 15) is 0 Å².